The van der Waals surface area contributed by atoms with E-state index >= 15 is 0 Å². The maximum absolute atomic E-state index is 5.94. The van der Waals surface area contributed by atoms with Crippen molar-refractivity contribution in [2.24, 2.45) is 0 Å². The molecule has 0 nitrogen and oxygen atoms in total. The smallest absolute Gasteiger partial charge is 0.0226 e. The predicted molar refractivity (Wildman–Crippen MR) is 58.7 cm³/mol. The van der Waals surface area contributed by atoms with Crippen molar-refractivity contribution in [1.29, 1.82) is 0 Å². The first kappa shape index (κ1) is 9.55. The van der Waals surface area contributed by atoms with Gasteiger partial charge in [-0.2, -0.15) is 0 Å². The van der Waals surface area contributed by atoms with Crippen molar-refractivity contribution in [3.63, 3.8) is 0 Å². The van der Waals surface area contributed by atoms with Crippen molar-refractivity contribution >= 4 is 21.8 Å². The summed E-state index contributed by atoms with van der Waals surface area (Å²) in [6.07, 6.45) is 0. The molecule has 0 saturated heterocycles. The van der Waals surface area contributed by atoms with Crippen LogP contribution < -0.4 is 0 Å². The molecule has 0 fully saturated rings. The van der Waals surface area contributed by atoms with Gasteiger partial charge in [-0.3, -0.25) is 0 Å². The molecule has 0 saturated carbocycles. The summed E-state index contributed by atoms with van der Waals surface area (Å²) in [5.41, 5.74) is 1.26. The van der Waals surface area contributed by atoms with Gasteiger partial charge in [-0.15, -0.1) is 0 Å². The summed E-state index contributed by atoms with van der Waals surface area (Å²) in [4.78, 5) is 0. The van der Waals surface area contributed by atoms with Crippen LogP contribution >= 0.6 is 11.6 Å². The van der Waals surface area contributed by atoms with E-state index in [1.165, 1.54) is 5.56 Å². The standard InChI is InChI=1S/C10H13ClSi/c1-8(11)10(2,12)9-6-4-3-5-7-9/h3-7H,1H2,2,12H3. The van der Waals surface area contributed by atoms with Gasteiger partial charge in [0.05, 0.1) is 0 Å². The zero-order chi connectivity index (χ0) is 9.19. The molecule has 0 radical (unpaired) electrons. The molecular formula is C10H13ClSi. The third-order valence-electron chi connectivity index (χ3n) is 2.17. The van der Waals surface area contributed by atoms with Crippen molar-refractivity contribution < 1.29 is 0 Å². The van der Waals surface area contributed by atoms with Crippen molar-refractivity contribution in [3.05, 3.63) is 47.5 Å². The SMILES string of the molecule is C=C(Cl)C(C)([SiH3])c1ccccc1. The maximum Gasteiger partial charge on any atom is 0.0226 e. The molecule has 0 bridgehead atoms. The molecule has 0 aromatic heterocycles. The van der Waals surface area contributed by atoms with Gasteiger partial charge < -0.3 is 0 Å². The van der Waals surface area contributed by atoms with Crippen LogP contribution in [0.2, 0.25) is 0 Å². The summed E-state index contributed by atoms with van der Waals surface area (Å²) in [5, 5.41) is 0.739. The van der Waals surface area contributed by atoms with Gasteiger partial charge in [0, 0.05) is 20.3 Å². The molecule has 0 N–H and O–H groups in total. The topological polar surface area (TPSA) is 0 Å². The first-order valence-corrected chi connectivity index (χ1v) is 5.33. The van der Waals surface area contributed by atoms with Crippen LogP contribution in [0.15, 0.2) is 41.9 Å². The summed E-state index contributed by atoms with van der Waals surface area (Å²) in [5.74, 6) is 0. The molecule has 0 aliphatic rings. The molecule has 2 heteroatoms. The zero-order valence-electron chi connectivity index (χ0n) is 7.47. The average Bonchev–Trinajstić information content (AvgIpc) is 2.06. The number of halogens is 1. The summed E-state index contributed by atoms with van der Waals surface area (Å²) in [6, 6.07) is 10.3. The summed E-state index contributed by atoms with van der Waals surface area (Å²) in [6.45, 7) is 5.93. The average molecular weight is 197 g/mol. The second kappa shape index (κ2) is 3.46. The lowest BCUT2D eigenvalue weighted by Gasteiger charge is -2.23. The minimum Gasteiger partial charge on any atom is -0.0892 e. The van der Waals surface area contributed by atoms with E-state index in [9.17, 15) is 0 Å². The molecule has 1 atom stereocenters. The van der Waals surface area contributed by atoms with E-state index < -0.39 is 0 Å². The molecule has 64 valence electrons. The molecule has 1 rings (SSSR count). The fraction of sp³-hybridized carbons (Fsp3) is 0.200. The van der Waals surface area contributed by atoms with Crippen LogP contribution in [0.5, 0.6) is 0 Å². The Morgan fingerprint density at radius 3 is 2.33 bits per heavy atom. The van der Waals surface area contributed by atoms with Crippen LogP contribution in [0.25, 0.3) is 0 Å². The predicted octanol–water partition coefficient (Wildman–Crippen LogP) is 2.02. The summed E-state index contributed by atoms with van der Waals surface area (Å²) < 4.78 is 0. The van der Waals surface area contributed by atoms with Gasteiger partial charge in [0.2, 0.25) is 0 Å². The van der Waals surface area contributed by atoms with E-state index in [-0.39, 0.29) is 5.04 Å². The zero-order valence-corrected chi connectivity index (χ0v) is 10.2. The molecule has 0 amide bonds. The highest BCUT2D eigenvalue weighted by atomic mass is 35.5. The van der Waals surface area contributed by atoms with Gasteiger partial charge in [0.25, 0.3) is 0 Å². The fourth-order valence-corrected chi connectivity index (χ4v) is 1.45. The lowest BCUT2D eigenvalue weighted by atomic mass is 10.00. The third-order valence-corrected chi connectivity index (χ3v) is 4.14. The second-order valence-electron chi connectivity index (χ2n) is 3.40. The lowest BCUT2D eigenvalue weighted by molar-refractivity contribution is 0.845. The van der Waals surface area contributed by atoms with Crippen LogP contribution in [0.4, 0.5) is 0 Å². The second-order valence-corrected chi connectivity index (χ2v) is 5.85. The van der Waals surface area contributed by atoms with Crippen LogP contribution in [-0.2, 0) is 5.04 Å². The van der Waals surface area contributed by atoms with Gasteiger partial charge >= 0.3 is 0 Å². The molecule has 0 spiro atoms. The quantitative estimate of drug-likeness (QED) is 0.635. The third kappa shape index (κ3) is 1.79. The molecular weight excluding hydrogens is 184 g/mol. The highest BCUT2D eigenvalue weighted by molar-refractivity contribution is 6.36. The Bertz CT molecular complexity index is 277. The van der Waals surface area contributed by atoms with E-state index in [0.29, 0.717) is 0 Å². The van der Waals surface area contributed by atoms with E-state index in [1.807, 2.05) is 18.2 Å². The molecule has 1 aromatic rings. The Balaban J connectivity index is 3.06. The van der Waals surface area contributed by atoms with Crippen molar-refractivity contribution in [2.45, 2.75) is 12.0 Å². The monoisotopic (exact) mass is 196 g/mol. The Kier molecular flexibility index (Phi) is 2.75. The Morgan fingerprint density at radius 2 is 1.92 bits per heavy atom. The number of hydrogen-bond donors (Lipinski definition) is 0. The maximum atomic E-state index is 5.94. The van der Waals surface area contributed by atoms with E-state index in [1.54, 1.807) is 0 Å². The van der Waals surface area contributed by atoms with Gasteiger partial charge in [-0.05, 0) is 5.56 Å². The molecule has 0 aliphatic heterocycles. The van der Waals surface area contributed by atoms with Gasteiger partial charge in [-0.25, -0.2) is 0 Å². The Morgan fingerprint density at radius 1 is 1.42 bits per heavy atom. The number of hydrogen-bond acceptors (Lipinski definition) is 0. The van der Waals surface area contributed by atoms with Gasteiger partial charge in [-0.1, -0.05) is 55.4 Å². The highest BCUT2D eigenvalue weighted by Crippen LogP contribution is 2.29. The summed E-state index contributed by atoms with van der Waals surface area (Å²) >= 11 is 5.94. The largest absolute Gasteiger partial charge is 0.0892 e. The van der Waals surface area contributed by atoms with Gasteiger partial charge in [0.1, 0.15) is 0 Å². The molecule has 1 unspecified atom stereocenters. The van der Waals surface area contributed by atoms with Gasteiger partial charge in [0.15, 0.2) is 0 Å². The minimum atomic E-state index is 0.00279. The van der Waals surface area contributed by atoms with Crippen LogP contribution in [0, 0.1) is 0 Å². The molecule has 12 heavy (non-hydrogen) atoms. The number of allylic oxidation sites excluding steroid dienone is 1. The van der Waals surface area contributed by atoms with E-state index in [4.69, 9.17) is 11.6 Å². The van der Waals surface area contributed by atoms with E-state index in [2.05, 4.69) is 25.6 Å². The van der Waals surface area contributed by atoms with Crippen molar-refractivity contribution in [1.82, 2.24) is 0 Å². The number of rotatable bonds is 2. The van der Waals surface area contributed by atoms with Crippen LogP contribution in [0.1, 0.15) is 12.5 Å². The normalized spacial score (nSPS) is 15.5. The Hall–Kier alpha value is -0.533. The Labute approximate surface area is 81.7 Å². The fourth-order valence-electron chi connectivity index (χ4n) is 1.01. The van der Waals surface area contributed by atoms with E-state index in [0.717, 1.165) is 15.3 Å². The van der Waals surface area contributed by atoms with Crippen LogP contribution in [0.3, 0.4) is 0 Å². The number of benzene rings is 1. The molecule has 1 aromatic carbocycles. The van der Waals surface area contributed by atoms with Crippen molar-refractivity contribution in [2.75, 3.05) is 0 Å². The van der Waals surface area contributed by atoms with Crippen molar-refractivity contribution in [3.8, 4) is 0 Å². The first-order chi connectivity index (χ1) is 5.55. The van der Waals surface area contributed by atoms with Crippen LogP contribution in [-0.4, -0.2) is 10.2 Å². The molecule has 0 aliphatic carbocycles. The first-order valence-electron chi connectivity index (χ1n) is 3.95. The minimum absolute atomic E-state index is 0.00279. The summed E-state index contributed by atoms with van der Waals surface area (Å²) in [7, 11) is 0.989. The molecule has 0 heterocycles. The lowest BCUT2D eigenvalue weighted by Crippen LogP contribution is -2.21. The highest BCUT2D eigenvalue weighted by Gasteiger charge is 2.21.